The van der Waals surface area contributed by atoms with Crippen molar-refractivity contribution in [2.24, 2.45) is 0 Å². The van der Waals surface area contributed by atoms with Crippen molar-refractivity contribution >= 4 is 11.9 Å². The monoisotopic (exact) mass is 220 g/mol. The van der Waals surface area contributed by atoms with E-state index >= 15 is 0 Å². The number of aliphatic hydroxyl groups is 3. The first-order chi connectivity index (χ1) is 6.90. The van der Waals surface area contributed by atoms with Crippen molar-refractivity contribution in [2.45, 2.75) is 19.1 Å². The molecule has 0 aliphatic carbocycles. The Morgan fingerprint density at radius 2 is 1.87 bits per heavy atom. The predicted molar refractivity (Wildman–Crippen MR) is 46.1 cm³/mol. The van der Waals surface area contributed by atoms with Gasteiger partial charge < -0.3 is 15.3 Å². The Morgan fingerprint density at radius 1 is 1.33 bits per heavy atom. The fourth-order valence-corrected chi connectivity index (χ4v) is 0.603. The first-order valence-corrected chi connectivity index (χ1v) is 3.95. The molecule has 7 heteroatoms. The van der Waals surface area contributed by atoms with E-state index in [1.807, 2.05) is 0 Å². The molecule has 0 aromatic rings. The molecule has 2 unspecified atom stereocenters. The van der Waals surface area contributed by atoms with Crippen LogP contribution >= 0.6 is 0 Å². The van der Waals surface area contributed by atoms with Crippen LogP contribution in [0, 0.1) is 0 Å². The van der Waals surface area contributed by atoms with Gasteiger partial charge in [-0.2, -0.15) is 0 Å². The Balaban J connectivity index is 4.20. The summed E-state index contributed by atoms with van der Waals surface area (Å²) in [5.41, 5.74) is -0.530. The van der Waals surface area contributed by atoms with E-state index in [1.165, 1.54) is 0 Å². The largest absolute Gasteiger partial charge is 0.394 e. The van der Waals surface area contributed by atoms with Crippen molar-refractivity contribution in [3.05, 3.63) is 12.2 Å². The Bertz CT molecular complexity index is 260. The average Bonchev–Trinajstić information content (AvgIpc) is 2.22. The molecule has 0 rings (SSSR count). The molecule has 2 atom stereocenters. The maximum Gasteiger partial charge on any atom is 0.384 e. The first-order valence-electron chi connectivity index (χ1n) is 3.95. The van der Waals surface area contributed by atoms with E-state index in [2.05, 4.69) is 16.4 Å². The second kappa shape index (κ2) is 6.12. The van der Waals surface area contributed by atoms with Crippen molar-refractivity contribution < 1.29 is 34.7 Å². The highest BCUT2D eigenvalue weighted by molar-refractivity contribution is 5.89. The Hall–Kier alpha value is -1.44. The minimum absolute atomic E-state index is 0.530. The third kappa shape index (κ3) is 4.54. The van der Waals surface area contributed by atoms with Crippen LogP contribution in [0.5, 0.6) is 0 Å². The number of hydrogen-bond acceptors (Lipinski definition) is 7. The Morgan fingerprint density at radius 3 is 2.27 bits per heavy atom. The van der Waals surface area contributed by atoms with Gasteiger partial charge in [0.05, 0.1) is 12.2 Å². The summed E-state index contributed by atoms with van der Waals surface area (Å²) in [4.78, 5) is 29.0. The lowest BCUT2D eigenvalue weighted by Crippen LogP contribution is -2.34. The third-order valence-corrected chi connectivity index (χ3v) is 1.41. The molecule has 0 fully saturated rings. The van der Waals surface area contributed by atoms with Gasteiger partial charge in [-0.25, -0.2) is 19.4 Å². The predicted octanol–water partition coefficient (Wildman–Crippen LogP) is -1.72. The fourth-order valence-electron chi connectivity index (χ4n) is 0.603. The maximum atomic E-state index is 11.0. The smallest absolute Gasteiger partial charge is 0.384 e. The highest BCUT2D eigenvalue weighted by Crippen LogP contribution is 2.07. The van der Waals surface area contributed by atoms with E-state index in [-0.39, 0.29) is 0 Å². The molecule has 0 radical (unpaired) electrons. The number of rotatable bonds is 4. The molecule has 0 spiro atoms. The molecule has 0 bridgehead atoms. The number of carbonyl (C=O) groups is 2. The van der Waals surface area contributed by atoms with Crippen molar-refractivity contribution in [1.29, 1.82) is 0 Å². The molecule has 86 valence electrons. The van der Waals surface area contributed by atoms with Gasteiger partial charge in [-0.3, -0.25) is 0 Å². The zero-order chi connectivity index (χ0) is 12.0. The summed E-state index contributed by atoms with van der Waals surface area (Å²) in [6.07, 6.45) is -3.24. The number of aliphatic hydroxyl groups excluding tert-OH is 3. The zero-order valence-electron chi connectivity index (χ0n) is 8.04. The molecular weight excluding hydrogens is 208 g/mol. The SMILES string of the molecule is C=C(C(=O)OOC(C)=O)C(O)C(O)CO. The van der Waals surface area contributed by atoms with Gasteiger partial charge in [0.25, 0.3) is 0 Å². The molecule has 0 aromatic carbocycles. The van der Waals surface area contributed by atoms with Crippen LogP contribution in [-0.2, 0) is 19.4 Å². The van der Waals surface area contributed by atoms with Gasteiger partial charge in [0, 0.05) is 6.92 Å². The first kappa shape index (κ1) is 13.6. The van der Waals surface area contributed by atoms with Crippen LogP contribution in [0.3, 0.4) is 0 Å². The summed E-state index contributed by atoms with van der Waals surface area (Å²) in [6.45, 7) is 3.37. The highest BCUT2D eigenvalue weighted by atomic mass is 17.2. The molecule has 0 amide bonds. The quantitative estimate of drug-likeness (QED) is 0.293. The van der Waals surface area contributed by atoms with E-state index in [1.54, 1.807) is 0 Å². The van der Waals surface area contributed by atoms with Gasteiger partial charge in [0.15, 0.2) is 0 Å². The number of carbonyl (C=O) groups excluding carboxylic acids is 2. The molecule has 3 N–H and O–H groups in total. The van der Waals surface area contributed by atoms with E-state index in [4.69, 9.17) is 10.2 Å². The molecular formula is C8H12O7. The van der Waals surface area contributed by atoms with Crippen LogP contribution in [0.25, 0.3) is 0 Å². The van der Waals surface area contributed by atoms with Crippen molar-refractivity contribution in [3.8, 4) is 0 Å². The molecule has 7 nitrogen and oxygen atoms in total. The van der Waals surface area contributed by atoms with Gasteiger partial charge in [0.2, 0.25) is 0 Å². The topological polar surface area (TPSA) is 113 Å². The lowest BCUT2D eigenvalue weighted by Gasteiger charge is -2.15. The van der Waals surface area contributed by atoms with Crippen LogP contribution in [0.4, 0.5) is 0 Å². The van der Waals surface area contributed by atoms with Gasteiger partial charge in [-0.05, 0) is 0 Å². The summed E-state index contributed by atoms with van der Waals surface area (Å²) >= 11 is 0. The molecule has 0 aliphatic heterocycles. The maximum absolute atomic E-state index is 11.0. The Kier molecular flexibility index (Phi) is 5.53. The minimum Gasteiger partial charge on any atom is -0.394 e. The summed E-state index contributed by atoms with van der Waals surface area (Å²) in [5, 5.41) is 26.6. The Labute approximate surface area is 85.5 Å². The molecule has 0 saturated carbocycles. The third-order valence-electron chi connectivity index (χ3n) is 1.41. The van der Waals surface area contributed by atoms with Crippen molar-refractivity contribution in [3.63, 3.8) is 0 Å². The molecule has 0 heterocycles. The zero-order valence-corrected chi connectivity index (χ0v) is 8.04. The van der Waals surface area contributed by atoms with Crippen LogP contribution < -0.4 is 0 Å². The number of hydrogen-bond donors (Lipinski definition) is 3. The van der Waals surface area contributed by atoms with Gasteiger partial charge >= 0.3 is 11.9 Å². The van der Waals surface area contributed by atoms with E-state index < -0.39 is 36.3 Å². The minimum atomic E-state index is -1.68. The second-order valence-electron chi connectivity index (χ2n) is 2.67. The normalized spacial score (nSPS) is 13.9. The van der Waals surface area contributed by atoms with Crippen molar-refractivity contribution in [2.75, 3.05) is 6.61 Å². The van der Waals surface area contributed by atoms with Gasteiger partial charge in [-0.15, -0.1) is 0 Å². The van der Waals surface area contributed by atoms with Crippen LogP contribution in [-0.4, -0.2) is 46.1 Å². The molecule has 0 saturated heterocycles. The van der Waals surface area contributed by atoms with E-state index in [0.717, 1.165) is 6.92 Å². The van der Waals surface area contributed by atoms with Crippen LogP contribution in [0.1, 0.15) is 6.92 Å². The summed E-state index contributed by atoms with van der Waals surface area (Å²) in [7, 11) is 0. The average molecular weight is 220 g/mol. The lowest BCUT2D eigenvalue weighted by molar-refractivity contribution is -0.254. The van der Waals surface area contributed by atoms with E-state index in [9.17, 15) is 14.7 Å². The summed E-state index contributed by atoms with van der Waals surface area (Å²) in [5.74, 6) is -2.06. The molecule has 0 aromatic heterocycles. The highest BCUT2D eigenvalue weighted by Gasteiger charge is 2.25. The molecule has 15 heavy (non-hydrogen) atoms. The van der Waals surface area contributed by atoms with Crippen LogP contribution in [0.15, 0.2) is 12.2 Å². The van der Waals surface area contributed by atoms with E-state index in [0.29, 0.717) is 0 Å². The van der Waals surface area contributed by atoms with Gasteiger partial charge in [-0.1, -0.05) is 6.58 Å². The fraction of sp³-hybridized carbons (Fsp3) is 0.500. The lowest BCUT2D eigenvalue weighted by atomic mass is 10.1. The second-order valence-corrected chi connectivity index (χ2v) is 2.67. The van der Waals surface area contributed by atoms with Crippen molar-refractivity contribution in [1.82, 2.24) is 0 Å². The van der Waals surface area contributed by atoms with Crippen LogP contribution in [0.2, 0.25) is 0 Å². The summed E-state index contributed by atoms with van der Waals surface area (Å²) in [6, 6.07) is 0. The summed E-state index contributed by atoms with van der Waals surface area (Å²) < 4.78 is 0. The standard InChI is InChI=1S/C8H12O7/c1-4(7(12)6(11)3-9)8(13)15-14-5(2)10/h6-7,9,11-12H,1,3H2,2H3. The molecule has 0 aliphatic rings. The van der Waals surface area contributed by atoms with Gasteiger partial charge in [0.1, 0.15) is 12.2 Å².